The molecule has 0 radical (unpaired) electrons. The molecule has 10 atom stereocenters. The van der Waals surface area contributed by atoms with Gasteiger partial charge < -0.3 is 18.7 Å². The topological polar surface area (TPSA) is 127 Å². The van der Waals surface area contributed by atoms with Crippen LogP contribution in [0, 0.1) is 57.2 Å². The van der Waals surface area contributed by atoms with Gasteiger partial charge in [0.25, 0.3) is 5.92 Å². The van der Waals surface area contributed by atoms with E-state index >= 15 is 0 Å². The highest BCUT2D eigenvalue weighted by atomic mass is 19.3. The zero-order valence-corrected chi connectivity index (χ0v) is 31.3. The smallest absolute Gasteiger partial charge is 0.481 e. The molecule has 0 spiro atoms. The predicted octanol–water partition coefficient (Wildman–Crippen LogP) is 7.73. The van der Waals surface area contributed by atoms with Gasteiger partial charge in [-0.1, -0.05) is 33.3 Å². The minimum absolute atomic E-state index is 0.00186. The highest BCUT2D eigenvalue weighted by Gasteiger charge is 2.72. The average Bonchev–Trinajstić information content (AvgIpc) is 3.38. The van der Waals surface area contributed by atoms with Gasteiger partial charge in [-0.05, 0) is 118 Å². The largest absolute Gasteiger partial charge is 0.519 e. The van der Waals surface area contributed by atoms with E-state index in [9.17, 15) is 33.1 Å². The molecule has 1 aromatic heterocycles. The molecule has 2 heterocycles. The van der Waals surface area contributed by atoms with Crippen molar-refractivity contribution in [3.05, 3.63) is 33.8 Å². The second-order valence-electron chi connectivity index (χ2n) is 18.8. The van der Waals surface area contributed by atoms with Crippen LogP contribution >= 0.6 is 0 Å². The van der Waals surface area contributed by atoms with Crippen LogP contribution < -0.4 is 5.82 Å². The molecule has 0 aromatic carbocycles. The Hall–Kier alpha value is -2.82. The number of esters is 1. The van der Waals surface area contributed by atoms with Crippen molar-refractivity contribution in [2.45, 2.75) is 138 Å². The van der Waals surface area contributed by atoms with Gasteiger partial charge in [-0.25, -0.2) is 13.6 Å². The van der Waals surface area contributed by atoms with Crippen molar-refractivity contribution in [1.82, 2.24) is 4.90 Å². The number of carbonyl (C=O) groups is 3. The first-order valence-corrected chi connectivity index (χ1v) is 19.0. The number of halogens is 2. The molecule has 5 fully saturated rings. The van der Waals surface area contributed by atoms with Crippen molar-refractivity contribution in [2.24, 2.45) is 50.2 Å². The first-order valence-electron chi connectivity index (χ1n) is 19.0. The first kappa shape index (κ1) is 36.5. The Kier molecular flexibility index (Phi) is 8.30. The number of carbonyl (C=O) groups excluding carboxylic acids is 2. The molecule has 1 saturated heterocycles. The maximum absolute atomic E-state index is 14.9. The fourth-order valence-corrected chi connectivity index (χ4v) is 12.8. The minimum Gasteiger partial charge on any atom is -0.481 e. The van der Waals surface area contributed by atoms with Gasteiger partial charge in [-0.2, -0.15) is 0 Å². The number of carboxylic acids is 1. The Morgan fingerprint density at radius 2 is 1.59 bits per heavy atom. The monoisotopic (exact) mass is 715 g/mol. The van der Waals surface area contributed by atoms with Gasteiger partial charge in [-0.3, -0.25) is 19.3 Å². The van der Waals surface area contributed by atoms with E-state index in [0.717, 1.165) is 24.8 Å². The van der Waals surface area contributed by atoms with Gasteiger partial charge in [0, 0.05) is 37.9 Å². The highest BCUT2D eigenvalue weighted by molar-refractivity contribution is 5.96. The van der Waals surface area contributed by atoms with Gasteiger partial charge in [0.15, 0.2) is 23.9 Å². The number of aryl methyl sites for hydroxylation is 1. The number of hydrogen-bond acceptors (Lipinski definition) is 8. The van der Waals surface area contributed by atoms with E-state index in [0.29, 0.717) is 38.5 Å². The maximum atomic E-state index is 14.9. The molecule has 0 unspecified atom stereocenters. The van der Waals surface area contributed by atoms with Crippen LogP contribution in [-0.2, 0) is 25.7 Å². The van der Waals surface area contributed by atoms with E-state index in [2.05, 4.69) is 27.7 Å². The zero-order chi connectivity index (χ0) is 37.2. The molecule has 5 aliphatic carbocycles. The summed E-state index contributed by atoms with van der Waals surface area (Å²) in [6.45, 7) is 14.4. The van der Waals surface area contributed by atoms with Crippen molar-refractivity contribution in [3.8, 4) is 0 Å². The second-order valence-corrected chi connectivity index (χ2v) is 18.8. The van der Waals surface area contributed by atoms with Crippen LogP contribution in [-0.4, -0.2) is 52.8 Å². The fourth-order valence-electron chi connectivity index (χ4n) is 12.8. The Morgan fingerprint density at radius 3 is 2.22 bits per heavy atom. The molecule has 11 heteroatoms. The minimum atomic E-state index is -2.75. The number of fused-ring (bicyclic) bond motifs is 7. The van der Waals surface area contributed by atoms with Crippen molar-refractivity contribution >= 4 is 17.7 Å². The molecule has 6 aliphatic rings. The van der Waals surface area contributed by atoms with Crippen LogP contribution in [0.25, 0.3) is 0 Å². The van der Waals surface area contributed by atoms with E-state index in [4.69, 9.17) is 13.6 Å². The Labute approximate surface area is 298 Å². The third-order valence-corrected chi connectivity index (χ3v) is 16.3. The molecule has 1 N–H and O–H groups in total. The third kappa shape index (κ3) is 5.19. The summed E-state index contributed by atoms with van der Waals surface area (Å²) < 4.78 is 44.9. The van der Waals surface area contributed by atoms with Crippen molar-refractivity contribution in [2.75, 3.05) is 13.1 Å². The summed E-state index contributed by atoms with van der Waals surface area (Å²) in [7, 11) is 0. The van der Waals surface area contributed by atoms with Crippen LogP contribution in [0.2, 0.25) is 0 Å². The van der Waals surface area contributed by atoms with E-state index < -0.39 is 45.3 Å². The van der Waals surface area contributed by atoms with Crippen molar-refractivity contribution in [3.63, 3.8) is 0 Å². The zero-order valence-electron chi connectivity index (χ0n) is 31.3. The summed E-state index contributed by atoms with van der Waals surface area (Å²) >= 11 is 0. The van der Waals surface area contributed by atoms with E-state index in [-0.39, 0.29) is 84.5 Å². The molecule has 1 aliphatic heterocycles. The van der Waals surface area contributed by atoms with Gasteiger partial charge in [0.2, 0.25) is 0 Å². The SMILES string of the molecule is Cc1oc(=O)oc1COC(=O)[C@]1(C)[C@@H](N2CCC(F)(F)CC2)CC[C@@]2(C)[C@H]1CC[C@]1(C)[C@@H]2C(=O)C=C2[C@@H]3C[C@@](C)(C(=O)O)CC[C@]3(C)CC[C@]21C. The number of hydrogen-bond donors (Lipinski definition) is 1. The summed E-state index contributed by atoms with van der Waals surface area (Å²) in [6.07, 6.45) is 7.75. The standard InChI is InChI=1S/C40H55F2NO8/c1-23-27(51-33(48)50-23)22-49-32(47)39(7)28-8-11-38(6)30(36(28,4)10-9-29(39)43-18-16-40(41,42)17-19-43)26(44)20-24-25-21-35(3,31(45)46)13-12-34(25,2)14-15-37(24,38)5/h20,25,28-30H,8-19,21-22H2,1-7H3,(H,45,46)/t25-,28+,29-,30+,34+,35-,36-,37+,38+,39-/m0/s1. The molecular weight excluding hydrogens is 660 g/mol. The number of rotatable bonds is 5. The summed E-state index contributed by atoms with van der Waals surface area (Å²) in [4.78, 5) is 55.8. The highest BCUT2D eigenvalue weighted by Crippen LogP contribution is 2.75. The normalized spacial score (nSPS) is 45.0. The average molecular weight is 716 g/mol. The maximum Gasteiger partial charge on any atom is 0.519 e. The molecular formula is C40H55F2NO8. The molecule has 282 valence electrons. The van der Waals surface area contributed by atoms with Gasteiger partial charge in [-0.15, -0.1) is 0 Å². The lowest BCUT2D eigenvalue weighted by Crippen LogP contribution is -2.70. The van der Waals surface area contributed by atoms with E-state index in [1.807, 2.05) is 24.8 Å². The van der Waals surface area contributed by atoms with Gasteiger partial charge in [0.05, 0.1) is 10.8 Å². The quantitative estimate of drug-likeness (QED) is 0.305. The molecule has 51 heavy (non-hydrogen) atoms. The number of carboxylic acid groups (broad SMARTS) is 1. The Morgan fingerprint density at radius 1 is 0.922 bits per heavy atom. The lowest BCUT2D eigenvalue weighted by molar-refractivity contribution is -0.215. The Balaban J connectivity index is 1.27. The molecule has 0 bridgehead atoms. The number of nitrogens with zero attached hydrogens (tertiary/aromatic N) is 1. The number of likely N-dealkylation sites (tertiary alicyclic amines) is 1. The molecule has 4 saturated carbocycles. The van der Waals surface area contributed by atoms with Crippen molar-refractivity contribution < 1.29 is 41.8 Å². The number of alkyl halides is 2. The number of aliphatic carboxylic acids is 1. The van der Waals surface area contributed by atoms with Crippen LogP contribution in [0.3, 0.4) is 0 Å². The molecule has 0 amide bonds. The lowest BCUT2D eigenvalue weighted by atomic mass is 9.33. The summed E-state index contributed by atoms with van der Waals surface area (Å²) in [6, 6.07) is -0.368. The summed E-state index contributed by atoms with van der Waals surface area (Å²) in [5.74, 6) is -5.14. The van der Waals surface area contributed by atoms with Gasteiger partial charge >= 0.3 is 17.8 Å². The first-order chi connectivity index (χ1) is 23.6. The summed E-state index contributed by atoms with van der Waals surface area (Å²) in [5, 5.41) is 10.2. The number of ether oxygens (including phenoxy) is 1. The van der Waals surface area contributed by atoms with E-state index in [1.54, 1.807) is 6.92 Å². The van der Waals surface area contributed by atoms with Crippen molar-refractivity contribution in [1.29, 1.82) is 0 Å². The molecule has 9 nitrogen and oxygen atoms in total. The van der Waals surface area contributed by atoms with E-state index in [1.165, 1.54) is 0 Å². The van der Waals surface area contributed by atoms with Crippen LogP contribution in [0.1, 0.15) is 124 Å². The van der Waals surface area contributed by atoms with Gasteiger partial charge in [0.1, 0.15) is 0 Å². The van der Waals surface area contributed by atoms with Crippen LogP contribution in [0.4, 0.5) is 8.78 Å². The third-order valence-electron chi connectivity index (χ3n) is 16.3. The predicted molar refractivity (Wildman–Crippen MR) is 183 cm³/mol. The van der Waals surface area contributed by atoms with Crippen LogP contribution in [0.15, 0.2) is 25.3 Å². The lowest BCUT2D eigenvalue weighted by Gasteiger charge is -2.71. The number of ketones is 1. The second kappa shape index (κ2) is 11.6. The molecule has 1 aromatic rings. The molecule has 7 rings (SSSR count). The fraction of sp³-hybridized carbons (Fsp3) is 0.800. The van der Waals surface area contributed by atoms with Crippen LogP contribution in [0.5, 0.6) is 0 Å². The number of allylic oxidation sites excluding steroid dienone is 2. The number of piperidine rings is 1. The summed E-state index contributed by atoms with van der Waals surface area (Å²) in [5.41, 5.74) is -2.28. The Bertz CT molecular complexity index is 1720.